The number of anilines is 1. The zero-order chi connectivity index (χ0) is 13.0. The van der Waals surface area contributed by atoms with Gasteiger partial charge in [-0.25, -0.2) is 0 Å². The molecule has 1 saturated heterocycles. The lowest BCUT2D eigenvalue weighted by Crippen LogP contribution is -2.46. The molecule has 0 aromatic heterocycles. The summed E-state index contributed by atoms with van der Waals surface area (Å²) in [5.74, 6) is 0.598. The summed E-state index contributed by atoms with van der Waals surface area (Å²) in [5.41, 5.74) is 2.71. The van der Waals surface area contributed by atoms with E-state index in [1.807, 2.05) is 7.05 Å². The van der Waals surface area contributed by atoms with Gasteiger partial charge >= 0.3 is 0 Å². The molecule has 1 fully saturated rings. The summed E-state index contributed by atoms with van der Waals surface area (Å²) in [4.78, 5) is 2.41. The maximum atomic E-state index is 5.73. The van der Waals surface area contributed by atoms with Crippen molar-refractivity contribution >= 4 is 5.69 Å². The van der Waals surface area contributed by atoms with Gasteiger partial charge < -0.3 is 15.0 Å². The molecule has 3 nitrogen and oxygen atoms in total. The molecule has 1 N–H and O–H groups in total. The Morgan fingerprint density at radius 3 is 2.67 bits per heavy atom. The Morgan fingerprint density at radius 2 is 2.06 bits per heavy atom. The third kappa shape index (κ3) is 3.24. The van der Waals surface area contributed by atoms with Crippen molar-refractivity contribution in [1.29, 1.82) is 0 Å². The minimum atomic E-state index is 0.300. The van der Waals surface area contributed by atoms with Crippen molar-refractivity contribution in [2.24, 2.45) is 0 Å². The van der Waals surface area contributed by atoms with Gasteiger partial charge in [-0.3, -0.25) is 0 Å². The third-order valence-corrected chi connectivity index (χ3v) is 3.50. The molecule has 100 valence electrons. The normalized spacial score (nSPS) is 20.4. The summed E-state index contributed by atoms with van der Waals surface area (Å²) in [6.07, 6.45) is 0.300. The Kier molecular flexibility index (Phi) is 4.61. The molecule has 1 aliphatic heterocycles. The molecule has 1 aromatic carbocycles. The smallest absolute Gasteiger partial charge is 0.0874 e. The van der Waals surface area contributed by atoms with E-state index in [0.29, 0.717) is 12.0 Å². The van der Waals surface area contributed by atoms with Crippen LogP contribution in [0.4, 0.5) is 5.69 Å². The molecule has 2 rings (SSSR count). The number of rotatable bonds is 4. The van der Waals surface area contributed by atoms with E-state index in [-0.39, 0.29) is 0 Å². The zero-order valence-corrected chi connectivity index (χ0v) is 11.6. The van der Waals surface area contributed by atoms with Gasteiger partial charge in [-0.2, -0.15) is 0 Å². The van der Waals surface area contributed by atoms with Crippen molar-refractivity contribution in [2.45, 2.75) is 25.9 Å². The Bertz CT molecular complexity index is 359. The molecule has 1 atom stereocenters. The molecule has 18 heavy (non-hydrogen) atoms. The third-order valence-electron chi connectivity index (χ3n) is 3.50. The SMILES string of the molecule is CNCC1CN(c2ccc(C(C)C)cc2)CCO1. The van der Waals surface area contributed by atoms with Gasteiger partial charge in [0.15, 0.2) is 0 Å². The highest BCUT2D eigenvalue weighted by atomic mass is 16.5. The summed E-state index contributed by atoms with van der Waals surface area (Å²) in [6, 6.07) is 8.94. The lowest BCUT2D eigenvalue weighted by Gasteiger charge is -2.34. The van der Waals surface area contributed by atoms with Crippen LogP contribution < -0.4 is 10.2 Å². The second-order valence-corrected chi connectivity index (χ2v) is 5.24. The van der Waals surface area contributed by atoms with Crippen LogP contribution in [-0.2, 0) is 4.74 Å². The first-order valence-electron chi connectivity index (χ1n) is 6.82. The zero-order valence-electron chi connectivity index (χ0n) is 11.6. The molecule has 1 unspecified atom stereocenters. The number of nitrogens with one attached hydrogen (secondary N) is 1. The highest BCUT2D eigenvalue weighted by molar-refractivity contribution is 5.48. The maximum absolute atomic E-state index is 5.73. The van der Waals surface area contributed by atoms with Crippen molar-refractivity contribution in [3.63, 3.8) is 0 Å². The van der Waals surface area contributed by atoms with E-state index in [1.54, 1.807) is 0 Å². The fraction of sp³-hybridized carbons (Fsp3) is 0.600. The largest absolute Gasteiger partial charge is 0.373 e. The number of ether oxygens (including phenoxy) is 1. The average Bonchev–Trinajstić information content (AvgIpc) is 2.39. The van der Waals surface area contributed by atoms with Crippen molar-refractivity contribution in [1.82, 2.24) is 5.32 Å². The lowest BCUT2D eigenvalue weighted by molar-refractivity contribution is 0.0422. The molecular formula is C15H24N2O. The predicted molar refractivity (Wildman–Crippen MR) is 76.4 cm³/mol. The predicted octanol–water partition coefficient (Wildman–Crippen LogP) is 2.23. The molecule has 3 heteroatoms. The van der Waals surface area contributed by atoms with Crippen LogP contribution in [0.3, 0.4) is 0 Å². The van der Waals surface area contributed by atoms with E-state index in [2.05, 4.69) is 48.3 Å². The highest BCUT2D eigenvalue weighted by Gasteiger charge is 2.19. The van der Waals surface area contributed by atoms with Gasteiger partial charge in [0.2, 0.25) is 0 Å². The van der Waals surface area contributed by atoms with Gasteiger partial charge in [0.1, 0.15) is 0 Å². The minimum Gasteiger partial charge on any atom is -0.373 e. The van der Waals surface area contributed by atoms with Gasteiger partial charge in [-0.1, -0.05) is 26.0 Å². The van der Waals surface area contributed by atoms with Crippen LogP contribution >= 0.6 is 0 Å². The fourth-order valence-electron chi connectivity index (χ4n) is 2.38. The van der Waals surface area contributed by atoms with Crippen molar-refractivity contribution in [3.05, 3.63) is 29.8 Å². The van der Waals surface area contributed by atoms with Gasteiger partial charge in [0.25, 0.3) is 0 Å². The maximum Gasteiger partial charge on any atom is 0.0874 e. The number of hydrogen-bond acceptors (Lipinski definition) is 3. The van der Waals surface area contributed by atoms with Crippen molar-refractivity contribution in [3.8, 4) is 0 Å². The van der Waals surface area contributed by atoms with Crippen LogP contribution in [0.15, 0.2) is 24.3 Å². The van der Waals surface area contributed by atoms with Crippen LogP contribution in [0.5, 0.6) is 0 Å². The first kappa shape index (κ1) is 13.4. The topological polar surface area (TPSA) is 24.5 Å². The van der Waals surface area contributed by atoms with Crippen LogP contribution in [0.25, 0.3) is 0 Å². The molecule has 0 radical (unpaired) electrons. The number of benzene rings is 1. The Balaban J connectivity index is 2.02. The van der Waals surface area contributed by atoms with Gasteiger partial charge in [-0.15, -0.1) is 0 Å². The number of morpholine rings is 1. The van der Waals surface area contributed by atoms with E-state index in [0.717, 1.165) is 26.2 Å². The van der Waals surface area contributed by atoms with E-state index in [4.69, 9.17) is 4.74 Å². The molecule has 0 saturated carbocycles. The molecule has 1 aromatic rings. The summed E-state index contributed by atoms with van der Waals surface area (Å²) in [7, 11) is 1.97. The molecular weight excluding hydrogens is 224 g/mol. The van der Waals surface area contributed by atoms with Crippen LogP contribution in [0.1, 0.15) is 25.3 Å². The molecule has 0 spiro atoms. The average molecular weight is 248 g/mol. The first-order valence-corrected chi connectivity index (χ1v) is 6.82. The summed E-state index contributed by atoms with van der Waals surface area (Å²) < 4.78 is 5.73. The molecule has 0 amide bonds. The van der Waals surface area contributed by atoms with E-state index < -0.39 is 0 Å². The van der Waals surface area contributed by atoms with Gasteiger partial charge in [0, 0.05) is 25.3 Å². The van der Waals surface area contributed by atoms with Crippen LogP contribution in [-0.4, -0.2) is 39.4 Å². The minimum absolute atomic E-state index is 0.300. The standard InChI is InChI=1S/C15H24N2O/c1-12(2)13-4-6-14(7-5-13)17-8-9-18-15(11-17)10-16-3/h4-7,12,15-16H,8-11H2,1-3H3. The summed E-state index contributed by atoms with van der Waals surface area (Å²) in [6.45, 7) is 8.15. The van der Waals surface area contributed by atoms with Crippen molar-refractivity contribution < 1.29 is 4.74 Å². The Labute approximate surface area is 110 Å². The number of nitrogens with zero attached hydrogens (tertiary/aromatic N) is 1. The van der Waals surface area contributed by atoms with Crippen LogP contribution in [0, 0.1) is 0 Å². The highest BCUT2D eigenvalue weighted by Crippen LogP contribution is 2.21. The second-order valence-electron chi connectivity index (χ2n) is 5.24. The molecule has 1 aliphatic rings. The quantitative estimate of drug-likeness (QED) is 0.884. The molecule has 0 aliphatic carbocycles. The van der Waals surface area contributed by atoms with E-state index >= 15 is 0 Å². The van der Waals surface area contributed by atoms with Crippen molar-refractivity contribution in [2.75, 3.05) is 38.2 Å². The van der Waals surface area contributed by atoms with Gasteiger partial charge in [-0.05, 0) is 30.7 Å². The lowest BCUT2D eigenvalue weighted by atomic mass is 10.0. The van der Waals surface area contributed by atoms with E-state index in [1.165, 1.54) is 11.3 Å². The first-order chi connectivity index (χ1) is 8.70. The van der Waals surface area contributed by atoms with E-state index in [9.17, 15) is 0 Å². The fourth-order valence-corrected chi connectivity index (χ4v) is 2.38. The Morgan fingerprint density at radius 1 is 1.33 bits per heavy atom. The number of hydrogen-bond donors (Lipinski definition) is 1. The molecule has 1 heterocycles. The monoisotopic (exact) mass is 248 g/mol. The summed E-state index contributed by atoms with van der Waals surface area (Å²) >= 11 is 0. The Hall–Kier alpha value is -1.06. The second kappa shape index (κ2) is 6.21. The molecule has 0 bridgehead atoms. The summed E-state index contributed by atoms with van der Waals surface area (Å²) in [5, 5.41) is 3.18. The van der Waals surface area contributed by atoms with Crippen LogP contribution in [0.2, 0.25) is 0 Å². The van der Waals surface area contributed by atoms with Gasteiger partial charge in [0.05, 0.1) is 12.7 Å². The number of likely N-dealkylation sites (N-methyl/N-ethyl adjacent to an activating group) is 1.